The van der Waals surface area contributed by atoms with Gasteiger partial charge in [-0.25, -0.2) is 4.39 Å². The van der Waals surface area contributed by atoms with Crippen molar-refractivity contribution in [2.45, 2.75) is 52.2 Å². The molecule has 198 valence electrons. The van der Waals surface area contributed by atoms with Crippen molar-refractivity contribution in [3.63, 3.8) is 0 Å². The summed E-state index contributed by atoms with van der Waals surface area (Å²) in [5.74, 6) is -0.968. The number of fused-ring (bicyclic) bond motifs is 1. The van der Waals surface area contributed by atoms with Gasteiger partial charge in [-0.05, 0) is 57.4 Å². The predicted molar refractivity (Wildman–Crippen MR) is 138 cm³/mol. The van der Waals surface area contributed by atoms with Gasteiger partial charge in [0.15, 0.2) is 11.4 Å². The minimum atomic E-state index is -0.532. The second-order valence-corrected chi connectivity index (χ2v) is 9.56. The number of aliphatic hydroxyl groups is 1. The second-order valence-electron chi connectivity index (χ2n) is 9.56. The van der Waals surface area contributed by atoms with E-state index in [1.165, 1.54) is 16.7 Å². The maximum Gasteiger partial charge on any atom is 0.272 e. The lowest BCUT2D eigenvalue weighted by molar-refractivity contribution is -0.135. The normalized spacial score (nSPS) is 14.4. The van der Waals surface area contributed by atoms with Crippen molar-refractivity contribution in [2.24, 2.45) is 7.05 Å². The molecule has 0 aliphatic carbocycles. The zero-order valence-corrected chi connectivity index (χ0v) is 21.6. The zero-order chi connectivity index (χ0) is 26.9. The van der Waals surface area contributed by atoms with E-state index < -0.39 is 12.4 Å². The van der Waals surface area contributed by atoms with Crippen LogP contribution in [0, 0.1) is 5.82 Å². The molecular weight excluding hydrogens is 479 g/mol. The van der Waals surface area contributed by atoms with Crippen LogP contribution in [0.1, 0.15) is 49.8 Å². The molecule has 1 aromatic carbocycles. The third kappa shape index (κ3) is 5.11. The Morgan fingerprint density at radius 2 is 1.92 bits per heavy atom. The van der Waals surface area contributed by atoms with Crippen molar-refractivity contribution in [1.29, 1.82) is 0 Å². The number of ether oxygens (including phenoxy) is 1. The fourth-order valence-electron chi connectivity index (χ4n) is 4.91. The fraction of sp³-hybridized carbons (Fsp3) is 0.444. The van der Waals surface area contributed by atoms with E-state index in [4.69, 9.17) is 9.84 Å². The van der Waals surface area contributed by atoms with Crippen LogP contribution in [0.4, 0.5) is 4.39 Å². The van der Waals surface area contributed by atoms with Crippen molar-refractivity contribution < 1.29 is 23.8 Å². The zero-order valence-electron chi connectivity index (χ0n) is 21.6. The lowest BCUT2D eigenvalue weighted by Gasteiger charge is -2.32. The van der Waals surface area contributed by atoms with Crippen LogP contribution < -0.4 is 15.6 Å². The minimum Gasteiger partial charge on any atom is -0.488 e. The number of aryl methyl sites for hydroxylation is 2. The van der Waals surface area contributed by atoms with E-state index in [0.717, 1.165) is 0 Å². The Hall–Kier alpha value is -3.66. The number of benzene rings is 1. The molecular formula is C27H33FN4O5. The number of amides is 2. The maximum absolute atomic E-state index is 14.0. The summed E-state index contributed by atoms with van der Waals surface area (Å²) in [6.07, 6.45) is 1.31. The number of pyridine rings is 1. The first-order valence-electron chi connectivity index (χ1n) is 12.6. The van der Waals surface area contributed by atoms with Crippen molar-refractivity contribution in [3.05, 3.63) is 57.9 Å². The van der Waals surface area contributed by atoms with Gasteiger partial charge in [0.1, 0.15) is 17.8 Å². The van der Waals surface area contributed by atoms with Gasteiger partial charge in [-0.3, -0.25) is 19.0 Å². The van der Waals surface area contributed by atoms with Gasteiger partial charge in [-0.1, -0.05) is 13.0 Å². The molecule has 37 heavy (non-hydrogen) atoms. The molecule has 0 saturated carbocycles. The lowest BCUT2D eigenvalue weighted by atomic mass is 10.0. The smallest absolute Gasteiger partial charge is 0.272 e. The second kappa shape index (κ2) is 10.8. The van der Waals surface area contributed by atoms with Crippen molar-refractivity contribution >= 4 is 22.7 Å². The van der Waals surface area contributed by atoms with E-state index in [-0.39, 0.29) is 46.3 Å². The quantitative estimate of drug-likeness (QED) is 0.506. The third-order valence-corrected chi connectivity index (χ3v) is 6.72. The number of hydrogen-bond acceptors (Lipinski definition) is 5. The van der Waals surface area contributed by atoms with E-state index in [2.05, 4.69) is 5.32 Å². The molecule has 9 nitrogen and oxygen atoms in total. The molecule has 0 atom stereocenters. The molecule has 0 unspecified atom stereocenters. The Labute approximate surface area is 214 Å². The summed E-state index contributed by atoms with van der Waals surface area (Å²) in [6, 6.07) is 7.51. The summed E-state index contributed by atoms with van der Waals surface area (Å²) in [6.45, 7) is 5.89. The predicted octanol–water partition coefficient (Wildman–Crippen LogP) is 2.53. The van der Waals surface area contributed by atoms with E-state index in [1.54, 1.807) is 28.6 Å². The molecule has 1 fully saturated rings. The number of rotatable bonds is 7. The number of nitrogens with one attached hydrogen (secondary N) is 1. The first kappa shape index (κ1) is 26.4. The fourth-order valence-corrected chi connectivity index (χ4v) is 4.91. The molecule has 1 aliphatic heterocycles. The van der Waals surface area contributed by atoms with Crippen LogP contribution in [0.3, 0.4) is 0 Å². The number of likely N-dealkylation sites (tertiary alicyclic amines) is 1. The number of carbonyl (C=O) groups is 2. The van der Waals surface area contributed by atoms with Gasteiger partial charge in [0, 0.05) is 31.9 Å². The van der Waals surface area contributed by atoms with Gasteiger partial charge in [-0.15, -0.1) is 0 Å². The van der Waals surface area contributed by atoms with Crippen LogP contribution in [0.25, 0.3) is 16.6 Å². The van der Waals surface area contributed by atoms with Crippen LogP contribution in [-0.4, -0.2) is 62.8 Å². The standard InChI is InChI=1S/C27H33FN4O5/c1-5-19-14-21-23(27(36)32(19)20-8-6-7-17(28)13-20)25(37-16(2)3)24(30(21)4)26(35)29-18-9-11-31(12-10-18)22(34)15-33/h6-8,13-14,16,18,33H,5,9-12,15H2,1-4H3,(H,29,35). The Bertz CT molecular complexity index is 1390. The molecule has 2 amide bonds. The van der Waals surface area contributed by atoms with Crippen LogP contribution in [-0.2, 0) is 18.3 Å². The molecule has 2 N–H and O–H groups in total. The SMILES string of the molecule is CCc1cc2c(c(OC(C)C)c(C(=O)NC3CCN(C(=O)CO)CC3)n2C)c(=O)n1-c1cccc(F)c1. The Morgan fingerprint density at radius 3 is 2.51 bits per heavy atom. The number of nitrogens with zero attached hydrogens (tertiary/aromatic N) is 3. The summed E-state index contributed by atoms with van der Waals surface area (Å²) in [4.78, 5) is 40.8. The largest absolute Gasteiger partial charge is 0.488 e. The number of hydrogen-bond donors (Lipinski definition) is 2. The molecule has 1 saturated heterocycles. The monoisotopic (exact) mass is 512 g/mol. The van der Waals surface area contributed by atoms with Gasteiger partial charge in [0.05, 0.1) is 17.3 Å². The van der Waals surface area contributed by atoms with Crippen LogP contribution >= 0.6 is 0 Å². The third-order valence-electron chi connectivity index (χ3n) is 6.72. The molecule has 10 heteroatoms. The summed E-state index contributed by atoms with van der Waals surface area (Å²) < 4.78 is 23.2. The molecule has 0 bridgehead atoms. The van der Waals surface area contributed by atoms with Crippen molar-refractivity contribution in [3.8, 4) is 11.4 Å². The number of aliphatic hydroxyl groups excluding tert-OH is 1. The van der Waals surface area contributed by atoms with Crippen LogP contribution in [0.5, 0.6) is 5.75 Å². The van der Waals surface area contributed by atoms with E-state index in [9.17, 15) is 18.8 Å². The van der Waals surface area contributed by atoms with E-state index >= 15 is 0 Å². The highest BCUT2D eigenvalue weighted by Gasteiger charge is 2.30. The Balaban J connectivity index is 1.79. The average Bonchev–Trinajstić information content (AvgIpc) is 3.14. The van der Waals surface area contributed by atoms with Gasteiger partial charge < -0.3 is 24.6 Å². The molecule has 1 aliphatic rings. The first-order valence-corrected chi connectivity index (χ1v) is 12.6. The number of aromatic nitrogens is 2. The van der Waals surface area contributed by atoms with Crippen molar-refractivity contribution in [2.75, 3.05) is 19.7 Å². The van der Waals surface area contributed by atoms with Crippen LogP contribution in [0.2, 0.25) is 0 Å². The highest BCUT2D eigenvalue weighted by Crippen LogP contribution is 2.33. The van der Waals surface area contributed by atoms with E-state index in [1.807, 2.05) is 26.8 Å². The van der Waals surface area contributed by atoms with Gasteiger partial charge in [0.2, 0.25) is 5.91 Å². The summed E-state index contributed by atoms with van der Waals surface area (Å²) in [7, 11) is 1.72. The molecule has 0 spiro atoms. The minimum absolute atomic E-state index is 0.171. The first-order chi connectivity index (χ1) is 17.7. The van der Waals surface area contributed by atoms with Crippen molar-refractivity contribution in [1.82, 2.24) is 19.4 Å². The number of piperidine rings is 1. The van der Waals surface area contributed by atoms with Gasteiger partial charge in [0.25, 0.3) is 11.5 Å². The molecule has 0 radical (unpaired) electrons. The average molecular weight is 513 g/mol. The summed E-state index contributed by atoms with van der Waals surface area (Å²) in [5.41, 5.74) is 1.47. The summed E-state index contributed by atoms with van der Waals surface area (Å²) in [5, 5.41) is 12.4. The van der Waals surface area contributed by atoms with E-state index in [0.29, 0.717) is 49.2 Å². The van der Waals surface area contributed by atoms with Gasteiger partial charge in [-0.2, -0.15) is 0 Å². The van der Waals surface area contributed by atoms with Crippen LogP contribution in [0.15, 0.2) is 35.1 Å². The topological polar surface area (TPSA) is 106 Å². The molecule has 4 rings (SSSR count). The summed E-state index contributed by atoms with van der Waals surface area (Å²) >= 11 is 0. The highest BCUT2D eigenvalue weighted by molar-refractivity contribution is 6.04. The Morgan fingerprint density at radius 1 is 1.22 bits per heavy atom. The Kier molecular flexibility index (Phi) is 7.68. The molecule has 2 aromatic heterocycles. The number of carbonyl (C=O) groups excluding carboxylic acids is 2. The lowest BCUT2D eigenvalue weighted by Crippen LogP contribution is -2.47. The van der Waals surface area contributed by atoms with Gasteiger partial charge >= 0.3 is 0 Å². The number of halogens is 1. The highest BCUT2D eigenvalue weighted by atomic mass is 19.1. The molecule has 3 heterocycles. The maximum atomic E-state index is 14.0. The molecule has 3 aromatic rings.